The van der Waals surface area contributed by atoms with E-state index < -0.39 is 5.97 Å². The number of aromatic nitrogens is 1. The SMILES string of the molecule is CCOC1CC(Nc2cnccc2C(=O)O)C1. The van der Waals surface area contributed by atoms with Crippen LogP contribution in [0.5, 0.6) is 0 Å². The molecule has 0 spiro atoms. The number of rotatable bonds is 5. The Morgan fingerprint density at radius 1 is 1.65 bits per heavy atom. The number of aromatic carboxylic acids is 1. The molecule has 0 unspecified atom stereocenters. The van der Waals surface area contributed by atoms with Crippen LogP contribution in [0.25, 0.3) is 0 Å². The van der Waals surface area contributed by atoms with Gasteiger partial charge in [0.15, 0.2) is 0 Å². The van der Waals surface area contributed by atoms with Gasteiger partial charge in [0, 0.05) is 18.8 Å². The van der Waals surface area contributed by atoms with E-state index in [1.165, 1.54) is 12.3 Å². The Labute approximate surface area is 99.8 Å². The van der Waals surface area contributed by atoms with Crippen molar-refractivity contribution in [1.29, 1.82) is 0 Å². The zero-order valence-electron chi connectivity index (χ0n) is 9.72. The molecular weight excluding hydrogens is 220 g/mol. The summed E-state index contributed by atoms with van der Waals surface area (Å²) < 4.78 is 5.45. The lowest BCUT2D eigenvalue weighted by Gasteiger charge is -2.36. The van der Waals surface area contributed by atoms with Crippen LogP contribution in [-0.4, -0.2) is 34.8 Å². The van der Waals surface area contributed by atoms with E-state index in [2.05, 4.69) is 10.3 Å². The number of hydrogen-bond donors (Lipinski definition) is 2. The van der Waals surface area contributed by atoms with Crippen molar-refractivity contribution in [3.8, 4) is 0 Å². The first-order chi connectivity index (χ1) is 8.20. The van der Waals surface area contributed by atoms with Gasteiger partial charge < -0.3 is 15.2 Å². The molecule has 0 radical (unpaired) electrons. The van der Waals surface area contributed by atoms with Crippen LogP contribution in [0.3, 0.4) is 0 Å². The highest BCUT2D eigenvalue weighted by Gasteiger charge is 2.30. The van der Waals surface area contributed by atoms with E-state index in [4.69, 9.17) is 9.84 Å². The first-order valence-corrected chi connectivity index (χ1v) is 5.76. The summed E-state index contributed by atoms with van der Waals surface area (Å²) >= 11 is 0. The molecule has 0 bridgehead atoms. The molecule has 2 rings (SSSR count). The molecule has 92 valence electrons. The number of nitrogens with one attached hydrogen (secondary N) is 1. The quantitative estimate of drug-likeness (QED) is 0.815. The van der Waals surface area contributed by atoms with Crippen molar-refractivity contribution in [1.82, 2.24) is 4.98 Å². The number of carbonyl (C=O) groups is 1. The van der Waals surface area contributed by atoms with Crippen molar-refractivity contribution >= 4 is 11.7 Å². The number of carboxylic acids is 1. The highest BCUT2D eigenvalue weighted by atomic mass is 16.5. The van der Waals surface area contributed by atoms with Crippen LogP contribution in [0.4, 0.5) is 5.69 Å². The highest BCUT2D eigenvalue weighted by Crippen LogP contribution is 2.27. The normalized spacial score (nSPS) is 22.9. The monoisotopic (exact) mass is 236 g/mol. The Bertz CT molecular complexity index is 402. The van der Waals surface area contributed by atoms with E-state index in [1.807, 2.05) is 6.92 Å². The predicted molar refractivity (Wildman–Crippen MR) is 63.3 cm³/mol. The Morgan fingerprint density at radius 3 is 3.06 bits per heavy atom. The molecule has 17 heavy (non-hydrogen) atoms. The summed E-state index contributed by atoms with van der Waals surface area (Å²) in [5.41, 5.74) is 0.847. The van der Waals surface area contributed by atoms with Crippen LogP contribution in [0.15, 0.2) is 18.5 Å². The molecule has 1 fully saturated rings. The van der Waals surface area contributed by atoms with Gasteiger partial charge in [-0.05, 0) is 25.8 Å². The largest absolute Gasteiger partial charge is 0.478 e. The van der Waals surface area contributed by atoms with Crippen molar-refractivity contribution in [3.63, 3.8) is 0 Å². The van der Waals surface area contributed by atoms with E-state index >= 15 is 0 Å². The van der Waals surface area contributed by atoms with E-state index in [1.54, 1.807) is 6.20 Å². The molecule has 1 aromatic rings. The summed E-state index contributed by atoms with van der Waals surface area (Å²) in [6.45, 7) is 2.70. The van der Waals surface area contributed by atoms with Crippen molar-refractivity contribution in [2.75, 3.05) is 11.9 Å². The van der Waals surface area contributed by atoms with Crippen LogP contribution in [0, 0.1) is 0 Å². The van der Waals surface area contributed by atoms with Crippen LogP contribution in [-0.2, 0) is 4.74 Å². The van der Waals surface area contributed by atoms with E-state index in [0.717, 1.165) is 19.4 Å². The van der Waals surface area contributed by atoms with E-state index in [0.29, 0.717) is 11.8 Å². The summed E-state index contributed by atoms with van der Waals surface area (Å²) in [4.78, 5) is 14.9. The lowest BCUT2D eigenvalue weighted by atomic mass is 9.89. The maximum absolute atomic E-state index is 11.0. The summed E-state index contributed by atoms with van der Waals surface area (Å²) in [6.07, 6.45) is 5.18. The molecular formula is C12H16N2O3. The number of nitrogens with zero attached hydrogens (tertiary/aromatic N) is 1. The number of hydrogen-bond acceptors (Lipinski definition) is 4. The minimum Gasteiger partial charge on any atom is -0.478 e. The zero-order valence-corrected chi connectivity index (χ0v) is 9.72. The van der Waals surface area contributed by atoms with Gasteiger partial charge in [0.25, 0.3) is 0 Å². The standard InChI is InChI=1S/C12H16N2O3/c1-2-17-9-5-8(6-9)14-11-7-13-4-3-10(11)12(15)16/h3-4,7-9,14H,2,5-6H2,1H3,(H,15,16). The average Bonchev–Trinajstić information content (AvgIpc) is 2.26. The number of ether oxygens (including phenoxy) is 1. The Hall–Kier alpha value is -1.62. The smallest absolute Gasteiger partial charge is 0.337 e. The molecule has 1 heterocycles. The Morgan fingerprint density at radius 2 is 2.41 bits per heavy atom. The van der Waals surface area contributed by atoms with Crippen molar-refractivity contribution < 1.29 is 14.6 Å². The fourth-order valence-corrected chi connectivity index (χ4v) is 1.97. The Balaban J connectivity index is 1.94. The van der Waals surface area contributed by atoms with Gasteiger partial charge in [0.1, 0.15) is 0 Å². The van der Waals surface area contributed by atoms with Gasteiger partial charge in [-0.25, -0.2) is 4.79 Å². The molecule has 1 aliphatic carbocycles. The zero-order chi connectivity index (χ0) is 12.3. The van der Waals surface area contributed by atoms with Gasteiger partial charge in [-0.15, -0.1) is 0 Å². The maximum Gasteiger partial charge on any atom is 0.337 e. The van der Waals surface area contributed by atoms with E-state index in [9.17, 15) is 4.79 Å². The van der Waals surface area contributed by atoms with Gasteiger partial charge in [0.2, 0.25) is 0 Å². The van der Waals surface area contributed by atoms with Gasteiger partial charge in [0.05, 0.1) is 23.6 Å². The Kier molecular flexibility index (Phi) is 3.58. The summed E-state index contributed by atoms with van der Waals surface area (Å²) in [5, 5.41) is 12.2. The summed E-state index contributed by atoms with van der Waals surface area (Å²) in [5.74, 6) is -0.935. The highest BCUT2D eigenvalue weighted by molar-refractivity contribution is 5.93. The molecule has 1 aromatic heterocycles. The molecule has 0 atom stereocenters. The van der Waals surface area contributed by atoms with Crippen molar-refractivity contribution in [3.05, 3.63) is 24.0 Å². The maximum atomic E-state index is 11.0. The van der Waals surface area contributed by atoms with E-state index in [-0.39, 0.29) is 11.6 Å². The molecule has 1 saturated carbocycles. The third kappa shape index (κ3) is 2.74. The van der Waals surface area contributed by atoms with Crippen LogP contribution in [0.2, 0.25) is 0 Å². The predicted octanol–water partition coefficient (Wildman–Crippen LogP) is 1.76. The minimum absolute atomic E-state index is 0.264. The van der Waals surface area contributed by atoms with Crippen molar-refractivity contribution in [2.24, 2.45) is 0 Å². The molecule has 5 nitrogen and oxygen atoms in total. The molecule has 0 aromatic carbocycles. The van der Waals surface area contributed by atoms with Gasteiger partial charge in [-0.3, -0.25) is 4.98 Å². The molecule has 1 aliphatic rings. The van der Waals surface area contributed by atoms with Gasteiger partial charge >= 0.3 is 5.97 Å². The second-order valence-electron chi connectivity index (χ2n) is 4.12. The molecule has 0 aliphatic heterocycles. The van der Waals surface area contributed by atoms with Crippen LogP contribution >= 0.6 is 0 Å². The second kappa shape index (κ2) is 5.14. The number of anilines is 1. The molecule has 5 heteroatoms. The topological polar surface area (TPSA) is 71.5 Å². The fourth-order valence-electron chi connectivity index (χ4n) is 1.97. The minimum atomic E-state index is -0.935. The third-order valence-electron chi connectivity index (χ3n) is 2.91. The lowest BCUT2D eigenvalue weighted by molar-refractivity contribution is 0.00298. The first kappa shape index (κ1) is 11.9. The third-order valence-corrected chi connectivity index (χ3v) is 2.91. The lowest BCUT2D eigenvalue weighted by Crippen LogP contribution is -2.41. The molecule has 0 saturated heterocycles. The number of pyridine rings is 1. The summed E-state index contributed by atoms with van der Waals surface area (Å²) in [7, 11) is 0. The average molecular weight is 236 g/mol. The van der Waals surface area contributed by atoms with Gasteiger partial charge in [-0.1, -0.05) is 0 Å². The first-order valence-electron chi connectivity index (χ1n) is 5.76. The molecule has 0 amide bonds. The van der Waals surface area contributed by atoms with Crippen LogP contribution < -0.4 is 5.32 Å². The number of carboxylic acid groups (broad SMARTS) is 1. The second-order valence-corrected chi connectivity index (χ2v) is 4.12. The summed E-state index contributed by atoms with van der Waals surface area (Å²) in [6, 6.07) is 1.79. The van der Waals surface area contributed by atoms with Gasteiger partial charge in [-0.2, -0.15) is 0 Å². The fraction of sp³-hybridized carbons (Fsp3) is 0.500. The van der Waals surface area contributed by atoms with Crippen LogP contribution in [0.1, 0.15) is 30.1 Å². The van der Waals surface area contributed by atoms with Crippen molar-refractivity contribution in [2.45, 2.75) is 31.9 Å². The molecule has 2 N–H and O–H groups in total.